The summed E-state index contributed by atoms with van der Waals surface area (Å²) in [6, 6.07) is 2.37. The van der Waals surface area contributed by atoms with Crippen LogP contribution in [0.5, 0.6) is 0 Å². The summed E-state index contributed by atoms with van der Waals surface area (Å²) in [6.07, 6.45) is 7.83. The Hall–Kier alpha value is -1.61. The predicted molar refractivity (Wildman–Crippen MR) is 69.0 cm³/mol. The zero-order valence-electron chi connectivity index (χ0n) is 10.2. The summed E-state index contributed by atoms with van der Waals surface area (Å²) in [5, 5.41) is 9.19. The van der Waals surface area contributed by atoms with Crippen LogP contribution in [0.4, 0.5) is 0 Å². The summed E-state index contributed by atoms with van der Waals surface area (Å²) >= 11 is 1.58. The normalized spacial score (nSPS) is 18.1. The number of piperidine rings is 1. The van der Waals surface area contributed by atoms with E-state index < -0.39 is 0 Å². The number of carbonyl (C=O) groups excluding carboxylic acids is 1. The van der Waals surface area contributed by atoms with Gasteiger partial charge in [-0.3, -0.25) is 4.79 Å². The molecule has 0 aromatic carbocycles. The molecule has 1 aliphatic rings. The van der Waals surface area contributed by atoms with Crippen LogP contribution in [0.3, 0.4) is 0 Å². The SMILES string of the molecule is CSC1(C#N)CCN(C(=O)c2cncnc2)CC1. The third-order valence-corrected chi connectivity index (χ3v) is 4.54. The van der Waals surface area contributed by atoms with Crippen molar-refractivity contribution in [2.45, 2.75) is 17.6 Å². The Morgan fingerprint density at radius 1 is 1.44 bits per heavy atom. The van der Waals surface area contributed by atoms with Gasteiger partial charge in [-0.1, -0.05) is 0 Å². The second-order valence-electron chi connectivity index (χ2n) is 4.23. The summed E-state index contributed by atoms with van der Waals surface area (Å²) in [6.45, 7) is 1.23. The maximum absolute atomic E-state index is 12.1. The van der Waals surface area contributed by atoms with Gasteiger partial charge in [0.15, 0.2) is 0 Å². The van der Waals surface area contributed by atoms with E-state index in [1.165, 1.54) is 18.7 Å². The first kappa shape index (κ1) is 12.8. The molecule has 0 atom stereocenters. The molecule has 18 heavy (non-hydrogen) atoms. The number of thioether (sulfide) groups is 1. The van der Waals surface area contributed by atoms with Crippen molar-refractivity contribution in [3.8, 4) is 6.07 Å². The van der Waals surface area contributed by atoms with E-state index in [0.717, 1.165) is 0 Å². The first-order chi connectivity index (χ1) is 8.71. The zero-order chi connectivity index (χ0) is 13.0. The standard InChI is InChI=1S/C12H14N4OS/c1-18-12(8-13)2-4-16(5-3-12)11(17)10-6-14-9-15-7-10/h6-7,9H,2-5H2,1H3. The first-order valence-corrected chi connectivity index (χ1v) is 6.94. The molecule has 1 saturated heterocycles. The molecule has 0 bridgehead atoms. The number of likely N-dealkylation sites (tertiary alicyclic amines) is 1. The van der Waals surface area contributed by atoms with Gasteiger partial charge in [-0.2, -0.15) is 5.26 Å². The maximum Gasteiger partial charge on any atom is 0.256 e. The van der Waals surface area contributed by atoms with Crippen LogP contribution in [0.25, 0.3) is 0 Å². The van der Waals surface area contributed by atoms with E-state index >= 15 is 0 Å². The van der Waals surface area contributed by atoms with Crippen molar-refractivity contribution in [3.63, 3.8) is 0 Å². The fourth-order valence-corrected chi connectivity index (χ4v) is 2.71. The van der Waals surface area contributed by atoms with E-state index in [2.05, 4.69) is 16.0 Å². The van der Waals surface area contributed by atoms with Gasteiger partial charge in [-0.25, -0.2) is 9.97 Å². The van der Waals surface area contributed by atoms with Crippen LogP contribution >= 0.6 is 11.8 Å². The predicted octanol–water partition coefficient (Wildman–Crippen LogP) is 1.34. The molecule has 94 valence electrons. The molecule has 6 heteroatoms. The molecular weight excluding hydrogens is 248 g/mol. The van der Waals surface area contributed by atoms with Gasteiger partial charge in [0.25, 0.3) is 5.91 Å². The van der Waals surface area contributed by atoms with Crippen molar-refractivity contribution < 1.29 is 4.79 Å². The van der Waals surface area contributed by atoms with Gasteiger partial charge in [-0.15, -0.1) is 11.8 Å². The largest absolute Gasteiger partial charge is 0.338 e. The molecule has 1 fully saturated rings. The van der Waals surface area contributed by atoms with Crippen LogP contribution in [-0.2, 0) is 0 Å². The van der Waals surface area contributed by atoms with E-state index in [-0.39, 0.29) is 10.7 Å². The molecule has 1 aromatic rings. The molecule has 0 radical (unpaired) electrons. The van der Waals surface area contributed by atoms with Crippen molar-refractivity contribution in [1.82, 2.24) is 14.9 Å². The lowest BCUT2D eigenvalue weighted by Gasteiger charge is -2.36. The average molecular weight is 262 g/mol. The third-order valence-electron chi connectivity index (χ3n) is 3.26. The molecule has 0 unspecified atom stereocenters. The Labute approximate surface area is 110 Å². The third kappa shape index (κ3) is 2.46. The number of carbonyl (C=O) groups is 1. The molecular formula is C12H14N4OS. The monoisotopic (exact) mass is 262 g/mol. The zero-order valence-corrected chi connectivity index (χ0v) is 11.0. The van der Waals surface area contributed by atoms with Crippen molar-refractivity contribution in [2.24, 2.45) is 0 Å². The summed E-state index contributed by atoms with van der Waals surface area (Å²) in [7, 11) is 0. The Balaban J connectivity index is 2.03. The molecule has 0 saturated carbocycles. The number of hydrogen-bond donors (Lipinski definition) is 0. The molecule has 1 aliphatic heterocycles. The van der Waals surface area contributed by atoms with Crippen molar-refractivity contribution in [2.75, 3.05) is 19.3 Å². The number of hydrogen-bond acceptors (Lipinski definition) is 5. The van der Waals surface area contributed by atoms with E-state index in [9.17, 15) is 10.1 Å². The van der Waals surface area contributed by atoms with Crippen LogP contribution in [0.15, 0.2) is 18.7 Å². The van der Waals surface area contributed by atoms with Crippen LogP contribution < -0.4 is 0 Å². The van der Waals surface area contributed by atoms with Crippen molar-refractivity contribution >= 4 is 17.7 Å². The Kier molecular flexibility index (Phi) is 3.82. The lowest BCUT2D eigenvalue weighted by Crippen LogP contribution is -2.44. The van der Waals surface area contributed by atoms with Gasteiger partial charge in [0.2, 0.25) is 0 Å². The number of aromatic nitrogens is 2. The fraction of sp³-hybridized carbons (Fsp3) is 0.500. The highest BCUT2D eigenvalue weighted by Crippen LogP contribution is 2.34. The van der Waals surface area contributed by atoms with Crippen LogP contribution in [0.2, 0.25) is 0 Å². The molecule has 0 N–H and O–H groups in total. The quantitative estimate of drug-likeness (QED) is 0.804. The van der Waals surface area contributed by atoms with E-state index in [4.69, 9.17) is 0 Å². The fourth-order valence-electron chi connectivity index (χ4n) is 2.02. The second kappa shape index (κ2) is 5.36. The van der Waals surface area contributed by atoms with Crippen LogP contribution in [0.1, 0.15) is 23.2 Å². The van der Waals surface area contributed by atoms with Gasteiger partial charge in [0, 0.05) is 25.5 Å². The molecule has 1 aromatic heterocycles. The highest BCUT2D eigenvalue weighted by Gasteiger charge is 2.35. The van der Waals surface area contributed by atoms with Crippen LogP contribution in [-0.4, -0.2) is 44.9 Å². The minimum Gasteiger partial charge on any atom is -0.338 e. The molecule has 5 nitrogen and oxygen atoms in total. The van der Waals surface area contributed by atoms with Crippen molar-refractivity contribution in [1.29, 1.82) is 5.26 Å². The highest BCUT2D eigenvalue weighted by molar-refractivity contribution is 8.00. The smallest absolute Gasteiger partial charge is 0.256 e. The van der Waals surface area contributed by atoms with E-state index in [1.807, 2.05) is 6.26 Å². The number of nitriles is 1. The number of nitrogens with zero attached hydrogens (tertiary/aromatic N) is 4. The average Bonchev–Trinajstić information content (AvgIpc) is 2.47. The first-order valence-electron chi connectivity index (χ1n) is 5.71. The lowest BCUT2D eigenvalue weighted by atomic mass is 9.97. The van der Waals surface area contributed by atoms with Gasteiger partial charge in [-0.05, 0) is 19.1 Å². The van der Waals surface area contributed by atoms with Gasteiger partial charge in [0.05, 0.1) is 11.6 Å². The molecule has 2 rings (SSSR count). The molecule has 1 amide bonds. The van der Waals surface area contributed by atoms with Gasteiger partial charge in [0.1, 0.15) is 11.1 Å². The topological polar surface area (TPSA) is 69.9 Å². The highest BCUT2D eigenvalue weighted by atomic mass is 32.2. The van der Waals surface area contributed by atoms with Gasteiger partial charge < -0.3 is 4.90 Å². The molecule has 0 aliphatic carbocycles. The Morgan fingerprint density at radius 3 is 2.56 bits per heavy atom. The Bertz CT molecular complexity index is 463. The summed E-state index contributed by atoms with van der Waals surface area (Å²) in [4.78, 5) is 21.6. The summed E-state index contributed by atoms with van der Waals surface area (Å²) < 4.78 is -0.329. The summed E-state index contributed by atoms with van der Waals surface area (Å²) in [5.74, 6) is -0.0526. The van der Waals surface area contributed by atoms with E-state index in [1.54, 1.807) is 16.7 Å². The lowest BCUT2D eigenvalue weighted by molar-refractivity contribution is 0.0715. The van der Waals surface area contributed by atoms with Crippen molar-refractivity contribution in [3.05, 3.63) is 24.3 Å². The van der Waals surface area contributed by atoms with Crippen LogP contribution in [0, 0.1) is 11.3 Å². The summed E-state index contributed by atoms with van der Waals surface area (Å²) in [5.41, 5.74) is 0.506. The number of amides is 1. The molecule has 0 spiro atoms. The Morgan fingerprint density at radius 2 is 2.06 bits per heavy atom. The van der Waals surface area contributed by atoms with Gasteiger partial charge >= 0.3 is 0 Å². The number of rotatable bonds is 2. The maximum atomic E-state index is 12.1. The minimum atomic E-state index is -0.329. The van der Waals surface area contributed by atoms with E-state index in [0.29, 0.717) is 31.5 Å². The molecule has 2 heterocycles. The minimum absolute atomic E-state index is 0.0526. The second-order valence-corrected chi connectivity index (χ2v) is 5.42.